The summed E-state index contributed by atoms with van der Waals surface area (Å²) in [6, 6.07) is 7.75. The minimum Gasteiger partial charge on any atom is -0.354 e. The zero-order valence-electron chi connectivity index (χ0n) is 10.1. The summed E-state index contributed by atoms with van der Waals surface area (Å²) in [4.78, 5) is 13.1. The van der Waals surface area contributed by atoms with Crippen LogP contribution in [-0.4, -0.2) is 21.5 Å². The van der Waals surface area contributed by atoms with Crippen molar-refractivity contribution in [2.45, 2.75) is 20.3 Å². The second kappa shape index (κ2) is 5.39. The van der Waals surface area contributed by atoms with Crippen molar-refractivity contribution in [2.75, 3.05) is 11.9 Å². The lowest BCUT2D eigenvalue weighted by molar-refractivity contribution is 0.946. The maximum absolute atomic E-state index is 4.46. The molecule has 0 aliphatic rings. The molecule has 2 aromatic heterocycles. The lowest BCUT2D eigenvalue weighted by Crippen LogP contribution is -2.06. The van der Waals surface area contributed by atoms with Crippen LogP contribution in [0.15, 0.2) is 30.5 Å². The molecular weight excluding hydrogens is 212 g/mol. The lowest BCUT2D eigenvalue weighted by atomic mass is 10.2. The molecule has 0 radical (unpaired) electrons. The molecule has 0 saturated heterocycles. The van der Waals surface area contributed by atoms with E-state index in [4.69, 9.17) is 0 Å². The molecule has 0 atom stereocenters. The van der Waals surface area contributed by atoms with Crippen molar-refractivity contribution in [3.8, 4) is 11.4 Å². The molecule has 0 unspecified atom stereocenters. The molecule has 0 fully saturated rings. The fraction of sp³-hybridized carbons (Fsp3) is 0.308. The first-order valence-electron chi connectivity index (χ1n) is 5.80. The largest absolute Gasteiger partial charge is 0.354 e. The third kappa shape index (κ3) is 3.00. The van der Waals surface area contributed by atoms with E-state index in [1.807, 2.05) is 31.2 Å². The molecule has 0 amide bonds. The molecule has 2 heterocycles. The van der Waals surface area contributed by atoms with Gasteiger partial charge in [-0.25, -0.2) is 9.97 Å². The van der Waals surface area contributed by atoms with Gasteiger partial charge in [-0.3, -0.25) is 4.98 Å². The van der Waals surface area contributed by atoms with E-state index in [1.165, 1.54) is 0 Å². The fourth-order valence-electron chi connectivity index (χ4n) is 1.53. The van der Waals surface area contributed by atoms with Gasteiger partial charge in [-0.2, -0.15) is 0 Å². The number of rotatable bonds is 4. The van der Waals surface area contributed by atoms with E-state index in [1.54, 1.807) is 6.20 Å². The van der Waals surface area contributed by atoms with Gasteiger partial charge < -0.3 is 5.32 Å². The highest BCUT2D eigenvalue weighted by atomic mass is 15.1. The van der Waals surface area contributed by atoms with Gasteiger partial charge in [0.1, 0.15) is 0 Å². The van der Waals surface area contributed by atoms with Gasteiger partial charge in [0.15, 0.2) is 0 Å². The molecule has 17 heavy (non-hydrogen) atoms. The monoisotopic (exact) mass is 228 g/mol. The van der Waals surface area contributed by atoms with Crippen molar-refractivity contribution < 1.29 is 0 Å². The average molecular weight is 228 g/mol. The molecule has 88 valence electrons. The maximum atomic E-state index is 4.46. The Balaban J connectivity index is 2.32. The Morgan fingerprint density at radius 2 is 2.06 bits per heavy atom. The van der Waals surface area contributed by atoms with Crippen LogP contribution < -0.4 is 5.32 Å². The summed E-state index contributed by atoms with van der Waals surface area (Å²) in [5, 5.41) is 3.20. The summed E-state index contributed by atoms with van der Waals surface area (Å²) in [6.07, 6.45) is 2.82. The minimum atomic E-state index is 0.674. The van der Waals surface area contributed by atoms with Crippen LogP contribution in [0.25, 0.3) is 11.4 Å². The number of nitrogens with zero attached hydrogens (tertiary/aromatic N) is 3. The van der Waals surface area contributed by atoms with Crippen molar-refractivity contribution in [3.63, 3.8) is 0 Å². The quantitative estimate of drug-likeness (QED) is 0.874. The number of nitrogens with one attached hydrogen (secondary N) is 1. The van der Waals surface area contributed by atoms with E-state index in [0.717, 1.165) is 30.0 Å². The molecular formula is C13H16N4. The van der Waals surface area contributed by atoms with E-state index >= 15 is 0 Å². The van der Waals surface area contributed by atoms with Crippen molar-refractivity contribution in [2.24, 2.45) is 0 Å². The van der Waals surface area contributed by atoms with Crippen molar-refractivity contribution in [1.29, 1.82) is 0 Å². The molecule has 0 spiro atoms. The third-order valence-corrected chi connectivity index (χ3v) is 2.31. The van der Waals surface area contributed by atoms with Crippen LogP contribution in [-0.2, 0) is 0 Å². The van der Waals surface area contributed by atoms with Crippen LogP contribution in [0.1, 0.15) is 19.0 Å². The molecule has 2 rings (SSSR count). The van der Waals surface area contributed by atoms with Crippen molar-refractivity contribution >= 4 is 5.95 Å². The molecule has 2 aromatic rings. The fourth-order valence-corrected chi connectivity index (χ4v) is 1.53. The van der Waals surface area contributed by atoms with Gasteiger partial charge in [-0.15, -0.1) is 0 Å². The van der Waals surface area contributed by atoms with Gasteiger partial charge in [-0.05, 0) is 31.5 Å². The molecule has 0 bridgehead atoms. The minimum absolute atomic E-state index is 0.674. The highest BCUT2D eigenvalue weighted by Crippen LogP contribution is 2.16. The average Bonchev–Trinajstić information content (AvgIpc) is 2.37. The summed E-state index contributed by atoms with van der Waals surface area (Å²) in [5.41, 5.74) is 2.67. The zero-order valence-corrected chi connectivity index (χ0v) is 10.1. The number of aromatic nitrogens is 3. The van der Waals surface area contributed by atoms with E-state index in [-0.39, 0.29) is 0 Å². The molecule has 0 aliphatic carbocycles. The Kier molecular flexibility index (Phi) is 3.65. The second-order valence-electron chi connectivity index (χ2n) is 3.86. The molecule has 4 nitrogen and oxygen atoms in total. The van der Waals surface area contributed by atoms with Gasteiger partial charge in [0.25, 0.3) is 0 Å². The van der Waals surface area contributed by atoms with Crippen LogP contribution >= 0.6 is 0 Å². The summed E-state index contributed by atoms with van der Waals surface area (Å²) in [7, 11) is 0. The highest BCUT2D eigenvalue weighted by molar-refractivity contribution is 5.55. The molecule has 4 heteroatoms. The Morgan fingerprint density at radius 1 is 1.18 bits per heavy atom. The van der Waals surface area contributed by atoms with Gasteiger partial charge in [-0.1, -0.05) is 13.0 Å². The van der Waals surface area contributed by atoms with Crippen LogP contribution in [0.2, 0.25) is 0 Å². The molecule has 0 aliphatic heterocycles. The SMILES string of the molecule is CCCNc1nc(C)cc(-c2ccccn2)n1. The van der Waals surface area contributed by atoms with E-state index < -0.39 is 0 Å². The number of pyridine rings is 1. The van der Waals surface area contributed by atoms with E-state index in [9.17, 15) is 0 Å². The highest BCUT2D eigenvalue weighted by Gasteiger charge is 2.04. The van der Waals surface area contributed by atoms with Gasteiger partial charge >= 0.3 is 0 Å². The predicted molar refractivity (Wildman–Crippen MR) is 68.8 cm³/mol. The number of hydrogen-bond acceptors (Lipinski definition) is 4. The van der Waals surface area contributed by atoms with Crippen LogP contribution in [0.3, 0.4) is 0 Å². The van der Waals surface area contributed by atoms with Gasteiger partial charge in [0, 0.05) is 18.4 Å². The molecule has 0 saturated carbocycles. The maximum Gasteiger partial charge on any atom is 0.223 e. The molecule has 1 N–H and O–H groups in total. The van der Waals surface area contributed by atoms with Crippen LogP contribution in [0, 0.1) is 6.92 Å². The van der Waals surface area contributed by atoms with Gasteiger partial charge in [0.2, 0.25) is 5.95 Å². The lowest BCUT2D eigenvalue weighted by Gasteiger charge is -2.06. The first-order chi connectivity index (χ1) is 8.29. The number of aryl methyl sites for hydroxylation is 1. The summed E-state index contributed by atoms with van der Waals surface area (Å²) >= 11 is 0. The van der Waals surface area contributed by atoms with Crippen LogP contribution in [0.5, 0.6) is 0 Å². The normalized spacial score (nSPS) is 10.2. The Labute approximate surface area is 101 Å². The first-order valence-corrected chi connectivity index (χ1v) is 5.80. The molecule has 0 aromatic carbocycles. The van der Waals surface area contributed by atoms with Crippen LogP contribution in [0.4, 0.5) is 5.95 Å². The predicted octanol–water partition coefficient (Wildman–Crippen LogP) is 2.67. The second-order valence-corrected chi connectivity index (χ2v) is 3.86. The van der Waals surface area contributed by atoms with E-state index in [0.29, 0.717) is 5.95 Å². The Bertz CT molecular complexity index is 482. The standard InChI is InChI=1S/C13H16N4/c1-3-7-15-13-16-10(2)9-12(17-13)11-6-4-5-8-14-11/h4-6,8-9H,3,7H2,1-2H3,(H,15,16,17). The first kappa shape index (κ1) is 11.5. The summed E-state index contributed by atoms with van der Waals surface area (Å²) in [5.74, 6) is 0.674. The Hall–Kier alpha value is -1.97. The van der Waals surface area contributed by atoms with E-state index in [2.05, 4.69) is 27.2 Å². The van der Waals surface area contributed by atoms with Crippen molar-refractivity contribution in [3.05, 3.63) is 36.2 Å². The summed E-state index contributed by atoms with van der Waals surface area (Å²) in [6.45, 7) is 4.96. The summed E-state index contributed by atoms with van der Waals surface area (Å²) < 4.78 is 0. The smallest absolute Gasteiger partial charge is 0.223 e. The van der Waals surface area contributed by atoms with Crippen molar-refractivity contribution in [1.82, 2.24) is 15.0 Å². The Morgan fingerprint density at radius 3 is 2.76 bits per heavy atom. The third-order valence-electron chi connectivity index (χ3n) is 2.31. The number of anilines is 1. The number of hydrogen-bond donors (Lipinski definition) is 1. The van der Waals surface area contributed by atoms with Gasteiger partial charge in [0.05, 0.1) is 11.4 Å². The zero-order chi connectivity index (χ0) is 12.1. The topological polar surface area (TPSA) is 50.7 Å².